The average molecular weight is 266 g/mol. The molecule has 0 fully saturated rings. The quantitative estimate of drug-likeness (QED) is 0.432. The summed E-state index contributed by atoms with van der Waals surface area (Å²) in [5.74, 6) is 0. The molecular formula is C12H25BF2O3. The van der Waals surface area contributed by atoms with Crippen LogP contribution in [0.15, 0.2) is 0 Å². The first-order chi connectivity index (χ1) is 8.60. The normalized spacial score (nSPS) is 14.5. The first-order valence-corrected chi connectivity index (χ1v) is 6.87. The Bertz CT molecular complexity index is 169. The third-order valence-electron chi connectivity index (χ3n) is 2.60. The third-order valence-corrected chi connectivity index (χ3v) is 2.60. The van der Waals surface area contributed by atoms with Gasteiger partial charge in [-0.15, -0.1) is 0 Å². The Morgan fingerprint density at radius 1 is 0.889 bits per heavy atom. The van der Waals surface area contributed by atoms with Crippen LogP contribution in [-0.2, 0) is 9.31 Å². The molecule has 0 rings (SSSR count). The molecule has 0 aliphatic heterocycles. The van der Waals surface area contributed by atoms with E-state index < -0.39 is 20.0 Å². The first-order valence-electron chi connectivity index (χ1n) is 6.87. The van der Waals surface area contributed by atoms with Gasteiger partial charge in [-0.25, -0.2) is 8.78 Å². The van der Waals surface area contributed by atoms with E-state index in [0.29, 0.717) is 12.8 Å². The van der Waals surface area contributed by atoms with Gasteiger partial charge >= 0.3 is 7.32 Å². The third kappa shape index (κ3) is 10.9. The Balaban J connectivity index is 3.58. The molecular weight excluding hydrogens is 241 g/mol. The summed E-state index contributed by atoms with van der Waals surface area (Å²) in [7, 11) is -1.82. The van der Waals surface area contributed by atoms with Crippen LogP contribution in [0.4, 0.5) is 8.78 Å². The number of hydrogen-bond acceptors (Lipinski definition) is 3. The lowest BCUT2D eigenvalue weighted by atomic mass is 10.1. The molecule has 0 heterocycles. The van der Waals surface area contributed by atoms with Crippen molar-refractivity contribution in [2.24, 2.45) is 0 Å². The molecule has 18 heavy (non-hydrogen) atoms. The molecule has 1 N–H and O–H groups in total. The Morgan fingerprint density at radius 2 is 1.28 bits per heavy atom. The molecule has 0 aromatic carbocycles. The van der Waals surface area contributed by atoms with Crippen molar-refractivity contribution in [2.45, 2.75) is 77.9 Å². The highest BCUT2D eigenvalue weighted by atomic mass is 19.2. The zero-order chi connectivity index (χ0) is 13.8. The lowest BCUT2D eigenvalue weighted by molar-refractivity contribution is -0.0441. The topological polar surface area (TPSA) is 38.7 Å². The van der Waals surface area contributed by atoms with E-state index in [1.165, 1.54) is 0 Å². The first kappa shape index (κ1) is 17.8. The standard InChI is InChI=1S/C12H25BF2O3/c1-3-5-7-9-11(14)17-13(16)18-12(15)10-8-6-4-2/h11-12,16H,3-10H2,1-2H3. The smallest absolute Gasteiger partial charge is 0.401 e. The monoisotopic (exact) mass is 266 g/mol. The average Bonchev–Trinajstić information content (AvgIpc) is 2.29. The lowest BCUT2D eigenvalue weighted by Gasteiger charge is -2.15. The zero-order valence-electron chi connectivity index (χ0n) is 11.4. The van der Waals surface area contributed by atoms with E-state index in [9.17, 15) is 13.8 Å². The van der Waals surface area contributed by atoms with Crippen molar-refractivity contribution in [3.8, 4) is 0 Å². The molecule has 0 bridgehead atoms. The summed E-state index contributed by atoms with van der Waals surface area (Å²) in [6.45, 7) is 4.02. The fourth-order valence-electron chi connectivity index (χ4n) is 1.53. The summed E-state index contributed by atoms with van der Waals surface area (Å²) in [6.07, 6.45) is 2.32. The van der Waals surface area contributed by atoms with Crippen molar-refractivity contribution in [3.63, 3.8) is 0 Å². The minimum atomic E-state index is -1.82. The van der Waals surface area contributed by atoms with Gasteiger partial charge in [0.25, 0.3) is 0 Å². The molecule has 3 nitrogen and oxygen atoms in total. The molecule has 2 unspecified atom stereocenters. The zero-order valence-corrected chi connectivity index (χ0v) is 11.4. The van der Waals surface area contributed by atoms with E-state index in [4.69, 9.17) is 0 Å². The molecule has 0 spiro atoms. The fraction of sp³-hybridized carbons (Fsp3) is 1.00. The van der Waals surface area contributed by atoms with Crippen LogP contribution >= 0.6 is 0 Å². The van der Waals surface area contributed by atoms with Crippen LogP contribution in [0, 0.1) is 0 Å². The fourth-order valence-corrected chi connectivity index (χ4v) is 1.53. The second kappa shape index (κ2) is 11.9. The highest BCUT2D eigenvalue weighted by molar-refractivity contribution is 6.34. The van der Waals surface area contributed by atoms with Crippen molar-refractivity contribution in [1.29, 1.82) is 0 Å². The highest BCUT2D eigenvalue weighted by Gasteiger charge is 2.25. The van der Waals surface area contributed by atoms with Gasteiger partial charge in [-0.2, -0.15) is 0 Å². The van der Waals surface area contributed by atoms with Gasteiger partial charge in [0.2, 0.25) is 0 Å². The van der Waals surface area contributed by atoms with Gasteiger partial charge in [0.15, 0.2) is 12.7 Å². The molecule has 0 saturated carbocycles. The van der Waals surface area contributed by atoms with E-state index in [-0.39, 0.29) is 12.8 Å². The predicted molar refractivity (Wildman–Crippen MR) is 68.2 cm³/mol. The largest absolute Gasteiger partial charge is 0.640 e. The summed E-state index contributed by atoms with van der Waals surface area (Å²) in [5.41, 5.74) is 0. The van der Waals surface area contributed by atoms with E-state index in [1.54, 1.807) is 0 Å². The van der Waals surface area contributed by atoms with Gasteiger partial charge in [0, 0.05) is 12.8 Å². The predicted octanol–water partition coefficient (Wildman–Crippen LogP) is 3.75. The van der Waals surface area contributed by atoms with Gasteiger partial charge in [-0.05, 0) is 12.8 Å². The van der Waals surface area contributed by atoms with Gasteiger partial charge in [0.05, 0.1) is 0 Å². The Hall–Kier alpha value is -0.195. The Kier molecular flexibility index (Phi) is 11.7. The molecule has 0 saturated heterocycles. The number of alkyl halides is 2. The van der Waals surface area contributed by atoms with Crippen LogP contribution in [0.3, 0.4) is 0 Å². The van der Waals surface area contributed by atoms with Gasteiger partial charge in [-0.3, -0.25) is 0 Å². The summed E-state index contributed by atoms with van der Waals surface area (Å²) < 4.78 is 35.3. The van der Waals surface area contributed by atoms with E-state index in [1.807, 2.05) is 13.8 Å². The Labute approximate surface area is 109 Å². The second-order valence-corrected chi connectivity index (χ2v) is 4.39. The van der Waals surface area contributed by atoms with Crippen LogP contribution in [0.2, 0.25) is 0 Å². The van der Waals surface area contributed by atoms with Crippen molar-refractivity contribution < 1.29 is 23.1 Å². The van der Waals surface area contributed by atoms with Crippen LogP contribution in [0.5, 0.6) is 0 Å². The van der Waals surface area contributed by atoms with Crippen LogP contribution in [0.25, 0.3) is 0 Å². The summed E-state index contributed by atoms with van der Waals surface area (Å²) in [5, 5.41) is 9.18. The molecule has 0 amide bonds. The van der Waals surface area contributed by atoms with Crippen molar-refractivity contribution in [1.82, 2.24) is 0 Å². The SMILES string of the molecule is CCCCCC(F)OB(O)OC(F)CCCCC. The maximum atomic E-state index is 13.1. The molecule has 0 aromatic heterocycles. The van der Waals surface area contributed by atoms with Gasteiger partial charge in [0.1, 0.15) is 0 Å². The number of hydrogen-bond donors (Lipinski definition) is 1. The second-order valence-electron chi connectivity index (χ2n) is 4.39. The van der Waals surface area contributed by atoms with Crippen molar-refractivity contribution in [2.75, 3.05) is 0 Å². The number of halogens is 2. The maximum absolute atomic E-state index is 13.1. The maximum Gasteiger partial charge on any atom is 0.640 e. The molecule has 0 aliphatic rings. The number of rotatable bonds is 12. The summed E-state index contributed by atoms with van der Waals surface area (Å²) in [6, 6.07) is 0. The molecule has 108 valence electrons. The summed E-state index contributed by atoms with van der Waals surface area (Å²) >= 11 is 0. The molecule has 0 aromatic rings. The molecule has 0 radical (unpaired) electrons. The van der Waals surface area contributed by atoms with Crippen molar-refractivity contribution in [3.05, 3.63) is 0 Å². The molecule has 0 aliphatic carbocycles. The van der Waals surface area contributed by atoms with Gasteiger partial charge in [-0.1, -0.05) is 39.5 Å². The van der Waals surface area contributed by atoms with E-state index in [2.05, 4.69) is 9.31 Å². The van der Waals surface area contributed by atoms with Gasteiger partial charge < -0.3 is 14.3 Å². The van der Waals surface area contributed by atoms with Crippen LogP contribution in [0.1, 0.15) is 65.2 Å². The van der Waals surface area contributed by atoms with E-state index >= 15 is 0 Å². The Morgan fingerprint density at radius 3 is 1.61 bits per heavy atom. The van der Waals surface area contributed by atoms with E-state index in [0.717, 1.165) is 25.7 Å². The molecule has 2 atom stereocenters. The van der Waals surface area contributed by atoms with Crippen LogP contribution < -0.4 is 0 Å². The van der Waals surface area contributed by atoms with Crippen LogP contribution in [-0.4, -0.2) is 25.1 Å². The molecule has 6 heteroatoms. The minimum Gasteiger partial charge on any atom is -0.401 e. The highest BCUT2D eigenvalue weighted by Crippen LogP contribution is 2.12. The number of unbranched alkanes of at least 4 members (excludes halogenated alkanes) is 4. The lowest BCUT2D eigenvalue weighted by Crippen LogP contribution is -2.30. The van der Waals surface area contributed by atoms with Crippen molar-refractivity contribution >= 4 is 7.32 Å². The minimum absolute atomic E-state index is 0.195. The summed E-state index contributed by atoms with van der Waals surface area (Å²) in [4.78, 5) is 0.